The fraction of sp³-hybridized carbons (Fsp3) is 0.480. The molecule has 8 heteroatoms. The second kappa shape index (κ2) is 11.2. The van der Waals surface area contributed by atoms with Gasteiger partial charge in [0.05, 0.1) is 26.4 Å². The Hall–Kier alpha value is -2.97. The molecule has 1 atom stereocenters. The Morgan fingerprint density at radius 3 is 2.55 bits per heavy atom. The number of amides is 1. The smallest absolute Gasteiger partial charge is 0.354 e. The number of aromatic nitrogens is 1. The van der Waals surface area contributed by atoms with Crippen molar-refractivity contribution in [3.63, 3.8) is 0 Å². The van der Waals surface area contributed by atoms with Crippen LogP contribution in [0.2, 0.25) is 0 Å². The maximum Gasteiger partial charge on any atom is 0.354 e. The second-order valence-electron chi connectivity index (χ2n) is 8.30. The summed E-state index contributed by atoms with van der Waals surface area (Å²) in [6.45, 7) is 4.56. The number of rotatable bonds is 10. The second-order valence-corrected chi connectivity index (χ2v) is 8.30. The van der Waals surface area contributed by atoms with E-state index < -0.39 is 5.97 Å². The van der Waals surface area contributed by atoms with Gasteiger partial charge in [0, 0.05) is 31.5 Å². The summed E-state index contributed by atoms with van der Waals surface area (Å²) in [5.74, 6) is -1.00. The summed E-state index contributed by atoms with van der Waals surface area (Å²) in [7, 11) is 3.03. The van der Waals surface area contributed by atoms with Crippen LogP contribution in [0.25, 0.3) is 0 Å². The van der Waals surface area contributed by atoms with Gasteiger partial charge in [-0.15, -0.1) is 0 Å². The van der Waals surface area contributed by atoms with Gasteiger partial charge in [-0.25, -0.2) is 4.79 Å². The number of nitrogens with zero attached hydrogens (tertiary/aromatic N) is 2. The number of ether oxygens (including phenoxy) is 3. The van der Waals surface area contributed by atoms with Gasteiger partial charge in [0.2, 0.25) is 5.91 Å². The molecular formula is C25H32N2O6. The Morgan fingerprint density at radius 1 is 1.18 bits per heavy atom. The largest absolute Gasteiger partial charge is 0.464 e. The van der Waals surface area contributed by atoms with E-state index in [0.717, 1.165) is 18.4 Å². The van der Waals surface area contributed by atoms with Crippen molar-refractivity contribution in [1.29, 1.82) is 0 Å². The van der Waals surface area contributed by atoms with Gasteiger partial charge >= 0.3 is 5.97 Å². The molecule has 1 amide bonds. The monoisotopic (exact) mass is 456 g/mol. The molecule has 0 radical (unpaired) electrons. The van der Waals surface area contributed by atoms with Crippen molar-refractivity contribution in [3.8, 4) is 0 Å². The molecule has 0 aliphatic carbocycles. The molecule has 1 fully saturated rings. The van der Waals surface area contributed by atoms with Gasteiger partial charge in [0.1, 0.15) is 12.3 Å². The van der Waals surface area contributed by atoms with Crippen molar-refractivity contribution < 1.29 is 28.6 Å². The highest BCUT2D eigenvalue weighted by Gasteiger charge is 2.29. The Morgan fingerprint density at radius 2 is 1.91 bits per heavy atom. The first-order valence-electron chi connectivity index (χ1n) is 11.1. The molecule has 1 aliphatic rings. The van der Waals surface area contributed by atoms with Crippen LogP contribution in [-0.2, 0) is 32.7 Å². The van der Waals surface area contributed by atoms with E-state index in [2.05, 4.69) is 0 Å². The molecule has 1 aromatic heterocycles. The van der Waals surface area contributed by atoms with Crippen LogP contribution in [0.5, 0.6) is 0 Å². The number of esters is 1. The zero-order valence-electron chi connectivity index (χ0n) is 19.8. The fourth-order valence-electron chi connectivity index (χ4n) is 4.24. The molecule has 1 aliphatic heterocycles. The van der Waals surface area contributed by atoms with Crippen molar-refractivity contribution in [3.05, 3.63) is 58.4 Å². The molecule has 0 saturated carbocycles. The molecule has 1 aromatic carbocycles. The van der Waals surface area contributed by atoms with Crippen LogP contribution in [0.4, 0.5) is 0 Å². The van der Waals surface area contributed by atoms with E-state index in [-0.39, 0.29) is 30.9 Å². The van der Waals surface area contributed by atoms with Gasteiger partial charge in [-0.1, -0.05) is 30.3 Å². The third kappa shape index (κ3) is 5.89. The van der Waals surface area contributed by atoms with Crippen LogP contribution < -0.4 is 0 Å². The van der Waals surface area contributed by atoms with Crippen LogP contribution in [-0.4, -0.2) is 66.6 Å². The number of benzene rings is 1. The van der Waals surface area contributed by atoms with Crippen molar-refractivity contribution in [2.75, 3.05) is 33.4 Å². The Kier molecular flexibility index (Phi) is 8.41. The standard InChI is InChI=1S/C25H32N2O6/c1-17-23(18(2)26(3)24(17)25(30)31-4)21(28)14-27(13-20-11-8-12-33-20)22(29)16-32-15-19-9-6-5-7-10-19/h5-7,9-10,20H,8,11-16H2,1-4H3. The molecule has 0 bridgehead atoms. The van der Waals surface area contributed by atoms with Crippen molar-refractivity contribution >= 4 is 17.7 Å². The minimum absolute atomic E-state index is 0.0977. The van der Waals surface area contributed by atoms with E-state index in [1.807, 2.05) is 30.3 Å². The maximum absolute atomic E-state index is 13.3. The molecule has 0 spiro atoms. The van der Waals surface area contributed by atoms with Crippen molar-refractivity contribution in [2.45, 2.75) is 39.4 Å². The molecule has 2 heterocycles. The minimum Gasteiger partial charge on any atom is -0.464 e. The lowest BCUT2D eigenvalue weighted by molar-refractivity contribution is -0.137. The van der Waals surface area contributed by atoms with Gasteiger partial charge in [-0.2, -0.15) is 0 Å². The fourth-order valence-corrected chi connectivity index (χ4v) is 4.24. The minimum atomic E-state index is -0.501. The predicted molar refractivity (Wildman–Crippen MR) is 122 cm³/mol. The Bertz CT molecular complexity index is 992. The van der Waals surface area contributed by atoms with E-state index in [4.69, 9.17) is 14.2 Å². The van der Waals surface area contributed by atoms with Crippen LogP contribution >= 0.6 is 0 Å². The number of ketones is 1. The number of carbonyl (C=O) groups is 3. The number of hydrogen-bond acceptors (Lipinski definition) is 6. The maximum atomic E-state index is 13.3. The first-order valence-corrected chi connectivity index (χ1v) is 11.1. The van der Waals surface area contributed by atoms with Crippen LogP contribution in [0.15, 0.2) is 30.3 Å². The van der Waals surface area contributed by atoms with E-state index in [0.29, 0.717) is 42.3 Å². The molecule has 8 nitrogen and oxygen atoms in total. The van der Waals surface area contributed by atoms with Gasteiger partial charge < -0.3 is 23.7 Å². The summed E-state index contributed by atoms with van der Waals surface area (Å²) >= 11 is 0. The van der Waals surface area contributed by atoms with Gasteiger partial charge in [-0.3, -0.25) is 9.59 Å². The molecule has 3 rings (SSSR count). The summed E-state index contributed by atoms with van der Waals surface area (Å²) in [4.78, 5) is 40.0. The molecule has 1 unspecified atom stereocenters. The van der Waals surface area contributed by atoms with Crippen LogP contribution in [0.1, 0.15) is 50.5 Å². The molecule has 1 saturated heterocycles. The zero-order chi connectivity index (χ0) is 24.0. The van der Waals surface area contributed by atoms with Crippen LogP contribution in [0, 0.1) is 13.8 Å². The third-order valence-corrected chi connectivity index (χ3v) is 6.06. The number of carbonyl (C=O) groups excluding carboxylic acids is 3. The van der Waals surface area contributed by atoms with E-state index in [1.165, 1.54) is 12.0 Å². The summed E-state index contributed by atoms with van der Waals surface area (Å²) in [6, 6.07) is 9.60. The van der Waals surface area contributed by atoms with Crippen molar-refractivity contribution in [2.24, 2.45) is 7.05 Å². The topological polar surface area (TPSA) is 87.1 Å². The van der Waals surface area contributed by atoms with Crippen LogP contribution in [0.3, 0.4) is 0 Å². The predicted octanol–water partition coefficient (Wildman–Crippen LogP) is 2.84. The summed E-state index contributed by atoms with van der Waals surface area (Å²) < 4.78 is 17.8. The molecule has 0 N–H and O–H groups in total. The highest BCUT2D eigenvalue weighted by molar-refractivity contribution is 6.04. The average molecular weight is 457 g/mol. The normalized spacial score (nSPS) is 15.5. The number of methoxy groups -OCH3 is 1. The highest BCUT2D eigenvalue weighted by atomic mass is 16.5. The number of hydrogen-bond donors (Lipinski definition) is 0. The lowest BCUT2D eigenvalue weighted by Crippen LogP contribution is -2.42. The molecule has 178 valence electrons. The van der Waals surface area contributed by atoms with Gasteiger partial charge in [-0.05, 0) is 37.8 Å². The SMILES string of the molecule is COC(=O)c1c(C)c(C(=O)CN(CC2CCCO2)C(=O)COCc2ccccc2)c(C)n1C. The quantitative estimate of drug-likeness (QED) is 0.404. The van der Waals surface area contributed by atoms with E-state index in [9.17, 15) is 14.4 Å². The molecule has 33 heavy (non-hydrogen) atoms. The first-order chi connectivity index (χ1) is 15.8. The lowest BCUT2D eigenvalue weighted by Gasteiger charge is -2.25. The average Bonchev–Trinajstić information content (AvgIpc) is 3.39. The Balaban J connectivity index is 1.73. The third-order valence-electron chi connectivity index (χ3n) is 6.06. The zero-order valence-corrected chi connectivity index (χ0v) is 19.8. The Labute approximate surface area is 194 Å². The highest BCUT2D eigenvalue weighted by Crippen LogP contribution is 2.23. The van der Waals surface area contributed by atoms with E-state index >= 15 is 0 Å². The van der Waals surface area contributed by atoms with Gasteiger partial charge in [0.15, 0.2) is 5.78 Å². The van der Waals surface area contributed by atoms with Gasteiger partial charge in [0.25, 0.3) is 0 Å². The summed E-state index contributed by atoms with van der Waals surface area (Å²) in [6.07, 6.45) is 1.68. The van der Waals surface area contributed by atoms with Crippen molar-refractivity contribution in [1.82, 2.24) is 9.47 Å². The summed E-state index contributed by atoms with van der Waals surface area (Å²) in [5, 5.41) is 0. The summed E-state index contributed by atoms with van der Waals surface area (Å²) in [5.41, 5.74) is 2.95. The molecular weight excluding hydrogens is 424 g/mol. The first kappa shape index (κ1) is 24.7. The lowest BCUT2D eigenvalue weighted by atomic mass is 10.0. The van der Waals surface area contributed by atoms with E-state index in [1.54, 1.807) is 25.5 Å². The number of Topliss-reactive ketones (excluding diaryl/α,β-unsaturated/α-hetero) is 1. The molecule has 2 aromatic rings.